The summed E-state index contributed by atoms with van der Waals surface area (Å²) in [5.74, 6) is 0.960. The van der Waals surface area contributed by atoms with Crippen LogP contribution in [0.1, 0.15) is 12.8 Å². The predicted molar refractivity (Wildman–Crippen MR) is 98.8 cm³/mol. The first-order chi connectivity index (χ1) is 10.7. The third-order valence-corrected chi connectivity index (χ3v) is 4.26. The Hall–Kier alpha value is -0.110. The van der Waals surface area contributed by atoms with Crippen LogP contribution in [0.3, 0.4) is 0 Å². The van der Waals surface area contributed by atoms with Gasteiger partial charge in [0.15, 0.2) is 0 Å². The average molecular weight is 362 g/mol. The normalized spacial score (nSPS) is 14.9. The number of anilines is 1. The maximum absolute atomic E-state index is 5.46. The second-order valence-electron chi connectivity index (χ2n) is 5.42. The van der Waals surface area contributed by atoms with Crippen LogP contribution in [-0.2, 0) is 12.6 Å². The Kier molecular flexibility index (Phi) is 10.4. The van der Waals surface area contributed by atoms with Gasteiger partial charge < -0.3 is 39.8 Å². The molecule has 0 radical (unpaired) electrons. The second-order valence-corrected chi connectivity index (χ2v) is 6.50. The molecular formula is C16H24N3NaOS2. The van der Waals surface area contributed by atoms with Gasteiger partial charge in [-0.05, 0) is 31.5 Å². The molecule has 1 fully saturated rings. The molecule has 1 aromatic carbocycles. The van der Waals surface area contributed by atoms with Crippen molar-refractivity contribution in [2.75, 3.05) is 51.3 Å². The Labute approximate surface area is 172 Å². The van der Waals surface area contributed by atoms with Gasteiger partial charge >= 0.3 is 29.6 Å². The number of methoxy groups -OCH3 is 1. The summed E-state index contributed by atoms with van der Waals surface area (Å²) in [5, 5.41) is 3.03. The van der Waals surface area contributed by atoms with Crippen LogP contribution in [0.4, 0.5) is 5.69 Å². The molecule has 2 rings (SSSR count). The van der Waals surface area contributed by atoms with Gasteiger partial charge in [-0.15, -0.1) is 0 Å². The van der Waals surface area contributed by atoms with Crippen LogP contribution >= 0.6 is 12.2 Å². The first kappa shape index (κ1) is 20.9. The van der Waals surface area contributed by atoms with Gasteiger partial charge in [-0.2, -0.15) is 0 Å². The molecule has 1 N–H and O–H groups in total. The third kappa shape index (κ3) is 7.11. The van der Waals surface area contributed by atoms with Gasteiger partial charge in [0, 0.05) is 32.7 Å². The van der Waals surface area contributed by atoms with Gasteiger partial charge in [0.05, 0.1) is 12.8 Å². The molecule has 1 saturated heterocycles. The molecule has 1 aliphatic heterocycles. The van der Waals surface area contributed by atoms with Crippen molar-refractivity contribution < 1.29 is 34.3 Å². The van der Waals surface area contributed by atoms with Crippen LogP contribution in [0.25, 0.3) is 0 Å². The standard InChI is InChI=1S/C16H25N3OS2.Na/c1-20-15-7-3-2-6-14(15)19-12-10-18(11-13-19)9-5-4-8-17-16(21)22;/h2-3,6-7H,4-5,8-13H2,1H3,(H2,17,21,22);/q;+1/p-1. The fraction of sp³-hybridized carbons (Fsp3) is 0.562. The van der Waals surface area contributed by atoms with Crippen molar-refractivity contribution >= 4 is 34.9 Å². The number of benzene rings is 1. The van der Waals surface area contributed by atoms with E-state index in [1.165, 1.54) is 12.1 Å². The predicted octanol–water partition coefficient (Wildman–Crippen LogP) is -0.977. The maximum atomic E-state index is 5.46. The van der Waals surface area contributed by atoms with E-state index >= 15 is 0 Å². The molecule has 0 spiro atoms. The number of para-hydroxylation sites is 2. The van der Waals surface area contributed by atoms with E-state index in [4.69, 9.17) is 29.6 Å². The number of unbranched alkanes of at least 4 members (excludes halogenated alkanes) is 1. The zero-order valence-electron chi connectivity index (χ0n) is 14.1. The quantitative estimate of drug-likeness (QED) is 0.291. The van der Waals surface area contributed by atoms with E-state index in [-0.39, 0.29) is 29.6 Å². The first-order valence-corrected chi connectivity index (χ1v) is 8.57. The molecule has 0 unspecified atom stereocenters. The van der Waals surface area contributed by atoms with E-state index in [9.17, 15) is 0 Å². The fourth-order valence-electron chi connectivity index (χ4n) is 2.75. The summed E-state index contributed by atoms with van der Waals surface area (Å²) < 4.78 is 5.93. The van der Waals surface area contributed by atoms with E-state index in [1.54, 1.807) is 7.11 Å². The minimum absolute atomic E-state index is 0. The minimum Gasteiger partial charge on any atom is -0.495 e. The molecular weight excluding hydrogens is 337 g/mol. The van der Waals surface area contributed by atoms with Crippen LogP contribution < -0.4 is 44.5 Å². The molecule has 1 aliphatic rings. The van der Waals surface area contributed by atoms with Gasteiger partial charge in [-0.3, -0.25) is 4.90 Å². The number of hydrogen-bond donors (Lipinski definition) is 1. The van der Waals surface area contributed by atoms with E-state index in [2.05, 4.69) is 27.2 Å². The van der Waals surface area contributed by atoms with Crippen molar-refractivity contribution in [2.24, 2.45) is 0 Å². The zero-order valence-corrected chi connectivity index (χ0v) is 17.7. The summed E-state index contributed by atoms with van der Waals surface area (Å²) in [4.78, 5) is 4.93. The Balaban J connectivity index is 0.00000264. The van der Waals surface area contributed by atoms with Gasteiger partial charge in [0.2, 0.25) is 0 Å². The van der Waals surface area contributed by atoms with Crippen LogP contribution in [0.5, 0.6) is 5.75 Å². The van der Waals surface area contributed by atoms with Crippen LogP contribution in [0.15, 0.2) is 24.3 Å². The largest absolute Gasteiger partial charge is 1.00 e. The monoisotopic (exact) mass is 361 g/mol. The zero-order chi connectivity index (χ0) is 15.8. The van der Waals surface area contributed by atoms with Gasteiger partial charge in [-0.25, -0.2) is 0 Å². The average Bonchev–Trinajstić information content (AvgIpc) is 2.55. The molecule has 4 nitrogen and oxygen atoms in total. The third-order valence-electron chi connectivity index (χ3n) is 3.97. The van der Waals surface area contributed by atoms with Crippen molar-refractivity contribution in [3.8, 4) is 5.75 Å². The summed E-state index contributed by atoms with van der Waals surface area (Å²) in [6, 6.07) is 8.25. The molecule has 23 heavy (non-hydrogen) atoms. The number of piperazine rings is 1. The number of nitrogens with zero attached hydrogens (tertiary/aromatic N) is 2. The number of hydrogen-bond acceptors (Lipinski definition) is 5. The molecule has 1 aromatic rings. The summed E-state index contributed by atoms with van der Waals surface area (Å²) in [5.41, 5.74) is 1.20. The van der Waals surface area contributed by atoms with Gasteiger partial charge in [-0.1, -0.05) is 16.5 Å². The van der Waals surface area contributed by atoms with Crippen LogP contribution in [0.2, 0.25) is 0 Å². The SMILES string of the molecule is COc1ccccc1N1CCN(CCCCNC(=S)[S-])CC1.[Na+]. The van der Waals surface area contributed by atoms with Gasteiger partial charge in [0.1, 0.15) is 5.75 Å². The Morgan fingerprint density at radius 2 is 1.91 bits per heavy atom. The van der Waals surface area contributed by atoms with Crippen molar-refractivity contribution in [1.29, 1.82) is 0 Å². The van der Waals surface area contributed by atoms with Crippen molar-refractivity contribution in [3.05, 3.63) is 24.3 Å². The molecule has 0 saturated carbocycles. The Morgan fingerprint density at radius 3 is 2.57 bits per heavy atom. The molecule has 0 atom stereocenters. The van der Waals surface area contributed by atoms with Crippen molar-refractivity contribution in [1.82, 2.24) is 10.2 Å². The summed E-state index contributed by atoms with van der Waals surface area (Å²) in [6.45, 7) is 6.34. The number of thiocarbonyl (C=S) groups is 1. The first-order valence-electron chi connectivity index (χ1n) is 7.76. The number of nitrogens with one attached hydrogen (secondary N) is 1. The van der Waals surface area contributed by atoms with E-state index in [0.717, 1.165) is 51.4 Å². The Bertz CT molecular complexity index is 482. The molecule has 122 valence electrons. The Morgan fingerprint density at radius 1 is 1.22 bits per heavy atom. The summed E-state index contributed by atoms with van der Waals surface area (Å²) in [7, 11) is 1.73. The van der Waals surface area contributed by atoms with E-state index in [0.29, 0.717) is 4.32 Å². The molecule has 0 bridgehead atoms. The topological polar surface area (TPSA) is 27.7 Å². The minimum atomic E-state index is 0. The van der Waals surface area contributed by atoms with E-state index < -0.39 is 0 Å². The molecule has 0 amide bonds. The van der Waals surface area contributed by atoms with Crippen molar-refractivity contribution in [3.63, 3.8) is 0 Å². The number of rotatable bonds is 7. The summed E-state index contributed by atoms with van der Waals surface area (Å²) >= 11 is 9.66. The maximum Gasteiger partial charge on any atom is 1.00 e. The fourth-order valence-corrected chi connectivity index (χ4v) is 2.96. The van der Waals surface area contributed by atoms with Crippen molar-refractivity contribution in [2.45, 2.75) is 12.8 Å². The van der Waals surface area contributed by atoms with Gasteiger partial charge in [0.25, 0.3) is 0 Å². The molecule has 0 aliphatic carbocycles. The van der Waals surface area contributed by atoms with Crippen LogP contribution in [0, 0.1) is 0 Å². The number of ether oxygens (including phenoxy) is 1. The smallest absolute Gasteiger partial charge is 0.495 e. The molecule has 0 aromatic heterocycles. The summed E-state index contributed by atoms with van der Waals surface area (Å²) in [6.07, 6.45) is 2.29. The second kappa shape index (κ2) is 11.4. The van der Waals surface area contributed by atoms with E-state index in [1.807, 2.05) is 12.1 Å². The molecule has 1 heterocycles. The van der Waals surface area contributed by atoms with Crippen LogP contribution in [-0.4, -0.2) is 55.6 Å². The molecule has 7 heteroatoms.